The van der Waals surface area contributed by atoms with Crippen molar-refractivity contribution in [3.8, 4) is 11.3 Å². The number of aromatic amines is 1. The second-order valence-corrected chi connectivity index (χ2v) is 5.28. The van der Waals surface area contributed by atoms with Gasteiger partial charge in [-0.2, -0.15) is 5.10 Å². The molecule has 1 amide bonds. The third-order valence-corrected chi connectivity index (χ3v) is 3.51. The summed E-state index contributed by atoms with van der Waals surface area (Å²) in [6.07, 6.45) is 0. The number of amides is 1. The van der Waals surface area contributed by atoms with Crippen LogP contribution in [0.1, 0.15) is 16.1 Å². The standard InChI is InChI=1S/C17H14ClN3O/c18-14-8-6-12(7-9-14)11-19-17(22)16-10-15(20-21-16)13-4-2-1-3-5-13/h1-10H,11H2,(H,19,22)(H,20,21). The van der Waals surface area contributed by atoms with Gasteiger partial charge in [-0.05, 0) is 23.8 Å². The van der Waals surface area contributed by atoms with Crippen LogP contribution >= 0.6 is 11.6 Å². The average Bonchev–Trinajstić information content (AvgIpc) is 3.05. The third kappa shape index (κ3) is 3.35. The summed E-state index contributed by atoms with van der Waals surface area (Å²) >= 11 is 5.83. The van der Waals surface area contributed by atoms with Gasteiger partial charge in [-0.3, -0.25) is 9.89 Å². The summed E-state index contributed by atoms with van der Waals surface area (Å²) in [6, 6.07) is 18.8. The summed E-state index contributed by atoms with van der Waals surface area (Å²) < 4.78 is 0. The number of benzene rings is 2. The van der Waals surface area contributed by atoms with Gasteiger partial charge in [-0.15, -0.1) is 0 Å². The van der Waals surface area contributed by atoms with Gasteiger partial charge in [0.1, 0.15) is 5.69 Å². The van der Waals surface area contributed by atoms with Gasteiger partial charge in [0, 0.05) is 17.1 Å². The van der Waals surface area contributed by atoms with Gasteiger partial charge in [0.15, 0.2) is 0 Å². The van der Waals surface area contributed by atoms with Crippen LogP contribution in [0.2, 0.25) is 5.02 Å². The van der Waals surface area contributed by atoms with E-state index in [1.807, 2.05) is 42.5 Å². The summed E-state index contributed by atoms with van der Waals surface area (Å²) in [7, 11) is 0. The molecule has 110 valence electrons. The zero-order valence-electron chi connectivity index (χ0n) is 11.7. The first kappa shape index (κ1) is 14.4. The van der Waals surface area contributed by atoms with Crippen molar-refractivity contribution >= 4 is 17.5 Å². The van der Waals surface area contributed by atoms with Crippen LogP contribution in [0, 0.1) is 0 Å². The van der Waals surface area contributed by atoms with Gasteiger partial charge in [-0.1, -0.05) is 54.1 Å². The van der Waals surface area contributed by atoms with E-state index in [0.717, 1.165) is 16.8 Å². The first-order valence-electron chi connectivity index (χ1n) is 6.86. The highest BCUT2D eigenvalue weighted by atomic mass is 35.5. The molecule has 22 heavy (non-hydrogen) atoms. The number of carbonyl (C=O) groups is 1. The lowest BCUT2D eigenvalue weighted by molar-refractivity contribution is 0.0946. The van der Waals surface area contributed by atoms with Crippen LogP contribution in [0.3, 0.4) is 0 Å². The number of carbonyl (C=O) groups excluding carboxylic acids is 1. The Kier molecular flexibility index (Phi) is 4.21. The van der Waals surface area contributed by atoms with Crippen molar-refractivity contribution in [1.29, 1.82) is 0 Å². The number of H-pyrrole nitrogens is 1. The maximum absolute atomic E-state index is 12.1. The molecule has 2 aromatic carbocycles. The number of aromatic nitrogens is 2. The van der Waals surface area contributed by atoms with E-state index in [4.69, 9.17) is 11.6 Å². The maximum atomic E-state index is 12.1. The monoisotopic (exact) mass is 311 g/mol. The van der Waals surface area contributed by atoms with Gasteiger partial charge in [0.05, 0.1) is 5.69 Å². The van der Waals surface area contributed by atoms with Crippen LogP contribution in [-0.4, -0.2) is 16.1 Å². The fourth-order valence-electron chi connectivity index (χ4n) is 2.07. The van der Waals surface area contributed by atoms with Gasteiger partial charge >= 0.3 is 0 Å². The fraction of sp³-hybridized carbons (Fsp3) is 0.0588. The minimum absolute atomic E-state index is 0.190. The second kappa shape index (κ2) is 6.45. The zero-order valence-corrected chi connectivity index (χ0v) is 12.5. The number of nitrogens with one attached hydrogen (secondary N) is 2. The molecule has 1 aromatic heterocycles. The van der Waals surface area contributed by atoms with Crippen LogP contribution in [0.15, 0.2) is 60.7 Å². The molecule has 1 heterocycles. The van der Waals surface area contributed by atoms with Crippen molar-refractivity contribution in [3.63, 3.8) is 0 Å². The molecule has 0 fully saturated rings. The van der Waals surface area contributed by atoms with E-state index in [2.05, 4.69) is 15.5 Å². The Morgan fingerprint density at radius 2 is 1.82 bits per heavy atom. The minimum atomic E-state index is -0.190. The van der Waals surface area contributed by atoms with Crippen molar-refractivity contribution in [2.24, 2.45) is 0 Å². The molecule has 0 bridgehead atoms. The smallest absolute Gasteiger partial charge is 0.269 e. The summed E-state index contributed by atoms with van der Waals surface area (Å²) in [5.74, 6) is -0.190. The topological polar surface area (TPSA) is 57.8 Å². The van der Waals surface area contributed by atoms with Gasteiger partial charge < -0.3 is 5.32 Å². The molecule has 0 saturated heterocycles. The van der Waals surface area contributed by atoms with Crippen molar-refractivity contribution in [1.82, 2.24) is 15.5 Å². The Hall–Kier alpha value is -2.59. The lowest BCUT2D eigenvalue weighted by Crippen LogP contribution is -2.23. The second-order valence-electron chi connectivity index (χ2n) is 4.84. The first-order chi connectivity index (χ1) is 10.7. The molecule has 0 saturated carbocycles. The van der Waals surface area contributed by atoms with Crippen LogP contribution in [0.4, 0.5) is 0 Å². The molecule has 0 aliphatic rings. The highest BCUT2D eigenvalue weighted by Gasteiger charge is 2.10. The Bertz CT molecular complexity index is 766. The molecular weight excluding hydrogens is 298 g/mol. The number of rotatable bonds is 4. The predicted octanol–water partition coefficient (Wildman–Crippen LogP) is 3.66. The molecule has 3 rings (SSSR count). The van der Waals surface area contributed by atoms with Crippen molar-refractivity contribution in [3.05, 3.63) is 76.9 Å². The molecule has 5 heteroatoms. The highest BCUT2D eigenvalue weighted by molar-refractivity contribution is 6.30. The SMILES string of the molecule is O=C(NCc1ccc(Cl)cc1)c1cc(-c2ccccc2)n[nH]1. The molecule has 3 aromatic rings. The van der Waals surface area contributed by atoms with Crippen LogP contribution in [0.5, 0.6) is 0 Å². The molecule has 2 N–H and O–H groups in total. The fourth-order valence-corrected chi connectivity index (χ4v) is 2.20. The zero-order chi connectivity index (χ0) is 15.4. The van der Waals surface area contributed by atoms with E-state index < -0.39 is 0 Å². The molecule has 0 atom stereocenters. The maximum Gasteiger partial charge on any atom is 0.269 e. The molecule has 0 aliphatic heterocycles. The Balaban J connectivity index is 1.66. The third-order valence-electron chi connectivity index (χ3n) is 3.26. The lowest BCUT2D eigenvalue weighted by Gasteiger charge is -2.03. The molecule has 0 spiro atoms. The lowest BCUT2D eigenvalue weighted by atomic mass is 10.1. The molecular formula is C17H14ClN3O. The van der Waals surface area contributed by atoms with Gasteiger partial charge in [-0.25, -0.2) is 0 Å². The Morgan fingerprint density at radius 1 is 1.09 bits per heavy atom. The number of halogens is 1. The summed E-state index contributed by atoms with van der Waals surface area (Å²) in [4.78, 5) is 12.1. The Morgan fingerprint density at radius 3 is 2.55 bits per heavy atom. The molecule has 0 aliphatic carbocycles. The largest absolute Gasteiger partial charge is 0.347 e. The molecule has 0 radical (unpaired) electrons. The quantitative estimate of drug-likeness (QED) is 0.772. The summed E-state index contributed by atoms with van der Waals surface area (Å²) in [5, 5.41) is 10.5. The number of hydrogen-bond donors (Lipinski definition) is 2. The Labute approximate surface area is 133 Å². The van der Waals surface area contributed by atoms with Gasteiger partial charge in [0.25, 0.3) is 5.91 Å². The number of nitrogens with zero attached hydrogens (tertiary/aromatic N) is 1. The van der Waals surface area contributed by atoms with E-state index in [1.165, 1.54) is 0 Å². The summed E-state index contributed by atoms with van der Waals surface area (Å²) in [5.41, 5.74) is 3.14. The number of hydrogen-bond acceptors (Lipinski definition) is 2. The van der Waals surface area contributed by atoms with E-state index >= 15 is 0 Å². The molecule has 4 nitrogen and oxygen atoms in total. The van der Waals surface area contributed by atoms with E-state index in [0.29, 0.717) is 17.3 Å². The highest BCUT2D eigenvalue weighted by Crippen LogP contribution is 2.17. The van der Waals surface area contributed by atoms with E-state index in [1.54, 1.807) is 18.2 Å². The normalized spacial score (nSPS) is 10.4. The average molecular weight is 312 g/mol. The van der Waals surface area contributed by atoms with Crippen molar-refractivity contribution in [2.75, 3.05) is 0 Å². The van der Waals surface area contributed by atoms with Crippen molar-refractivity contribution in [2.45, 2.75) is 6.54 Å². The van der Waals surface area contributed by atoms with Crippen LogP contribution < -0.4 is 5.32 Å². The van der Waals surface area contributed by atoms with Crippen molar-refractivity contribution < 1.29 is 4.79 Å². The van der Waals surface area contributed by atoms with E-state index in [-0.39, 0.29) is 5.91 Å². The van der Waals surface area contributed by atoms with E-state index in [9.17, 15) is 4.79 Å². The van der Waals surface area contributed by atoms with Crippen LogP contribution in [0.25, 0.3) is 11.3 Å². The summed E-state index contributed by atoms with van der Waals surface area (Å²) in [6.45, 7) is 0.440. The molecule has 0 unspecified atom stereocenters. The predicted molar refractivity (Wildman–Crippen MR) is 86.6 cm³/mol. The van der Waals surface area contributed by atoms with Gasteiger partial charge in [0.2, 0.25) is 0 Å². The van der Waals surface area contributed by atoms with Crippen LogP contribution in [-0.2, 0) is 6.54 Å². The first-order valence-corrected chi connectivity index (χ1v) is 7.23. The minimum Gasteiger partial charge on any atom is -0.347 e.